The Kier molecular flexibility index (Phi) is 3.86. The fourth-order valence-electron chi connectivity index (χ4n) is 1.34. The summed E-state index contributed by atoms with van der Waals surface area (Å²) in [5.41, 5.74) is 6.36. The molecule has 1 atom stereocenters. The lowest BCUT2D eigenvalue weighted by molar-refractivity contribution is -0.138. The van der Waals surface area contributed by atoms with Gasteiger partial charge in [0.05, 0.1) is 6.07 Å². The molecule has 0 fully saturated rings. The fourth-order valence-corrected chi connectivity index (χ4v) is 1.34. The van der Waals surface area contributed by atoms with Crippen molar-refractivity contribution < 1.29 is 15.0 Å². The van der Waals surface area contributed by atoms with Crippen molar-refractivity contribution in [3.05, 3.63) is 29.3 Å². The molecule has 5 heteroatoms. The molecule has 4 N–H and O–H groups in total. The van der Waals surface area contributed by atoms with E-state index in [2.05, 4.69) is 0 Å². The van der Waals surface area contributed by atoms with Crippen LogP contribution in [0.15, 0.2) is 18.2 Å². The summed E-state index contributed by atoms with van der Waals surface area (Å²) in [6, 6.07) is 5.30. The van der Waals surface area contributed by atoms with Gasteiger partial charge in [0.1, 0.15) is 11.8 Å². The summed E-state index contributed by atoms with van der Waals surface area (Å²) in [5, 5.41) is 26.6. The third kappa shape index (κ3) is 2.72. The van der Waals surface area contributed by atoms with E-state index in [1.54, 1.807) is 6.07 Å². The lowest BCUT2D eigenvalue weighted by Gasteiger charge is -2.10. The second kappa shape index (κ2) is 5.14. The number of carboxylic acid groups (broad SMARTS) is 1. The van der Waals surface area contributed by atoms with Crippen molar-refractivity contribution in [3.8, 4) is 11.8 Å². The van der Waals surface area contributed by atoms with E-state index in [0.29, 0.717) is 12.8 Å². The minimum Gasteiger partial charge on any atom is -0.508 e. The van der Waals surface area contributed by atoms with E-state index in [0.717, 1.165) is 5.56 Å². The third-order valence-electron chi connectivity index (χ3n) is 2.22. The molecule has 0 aliphatic carbocycles. The molecule has 1 rings (SSSR count). The van der Waals surface area contributed by atoms with Gasteiger partial charge in [0.25, 0.3) is 0 Å². The van der Waals surface area contributed by atoms with Gasteiger partial charge in [-0.3, -0.25) is 4.79 Å². The van der Waals surface area contributed by atoms with Crippen LogP contribution in [-0.2, 0) is 11.2 Å². The summed E-state index contributed by atoms with van der Waals surface area (Å²) in [4.78, 5) is 10.7. The highest BCUT2D eigenvalue weighted by molar-refractivity contribution is 5.76. The van der Waals surface area contributed by atoms with Gasteiger partial charge in [-0.2, -0.15) is 5.26 Å². The predicted octanol–water partition coefficient (Wildman–Crippen LogP) is 0.933. The zero-order valence-electron chi connectivity index (χ0n) is 8.55. The normalized spacial score (nSPS) is 11.8. The Morgan fingerprint density at radius 1 is 1.56 bits per heavy atom. The molecule has 0 spiro atoms. The summed E-state index contributed by atoms with van der Waals surface area (Å²) in [6.07, 6.45) is 0.850. The molecule has 0 amide bonds. The first kappa shape index (κ1) is 12.0. The van der Waals surface area contributed by atoms with E-state index in [1.165, 1.54) is 12.1 Å². The molecular formula is C11H12N2O3. The monoisotopic (exact) mass is 220 g/mol. The van der Waals surface area contributed by atoms with Gasteiger partial charge < -0.3 is 15.9 Å². The highest BCUT2D eigenvalue weighted by Crippen LogP contribution is 2.24. The third-order valence-corrected chi connectivity index (χ3v) is 2.22. The summed E-state index contributed by atoms with van der Waals surface area (Å²) in [7, 11) is 0. The van der Waals surface area contributed by atoms with E-state index in [-0.39, 0.29) is 11.3 Å². The highest BCUT2D eigenvalue weighted by Gasteiger charge is 2.18. The van der Waals surface area contributed by atoms with Crippen molar-refractivity contribution in [2.24, 2.45) is 5.73 Å². The zero-order valence-corrected chi connectivity index (χ0v) is 8.55. The minimum atomic E-state index is -1.25. The number of nitriles is 1. The second-order valence-corrected chi connectivity index (χ2v) is 3.37. The van der Waals surface area contributed by atoms with Crippen LogP contribution < -0.4 is 5.73 Å². The summed E-state index contributed by atoms with van der Waals surface area (Å²) in [6.45, 7) is 0. The maximum atomic E-state index is 10.7. The number of phenolic OH excluding ortho intramolecular Hbond substituents is 1. The number of aryl methyl sites for hydroxylation is 1. The van der Waals surface area contributed by atoms with Crippen LogP contribution in [0.5, 0.6) is 5.75 Å². The van der Waals surface area contributed by atoms with Gasteiger partial charge in [0.2, 0.25) is 0 Å². The highest BCUT2D eigenvalue weighted by atomic mass is 16.4. The lowest BCUT2D eigenvalue weighted by Crippen LogP contribution is -2.20. The van der Waals surface area contributed by atoms with Crippen molar-refractivity contribution in [3.63, 3.8) is 0 Å². The molecule has 1 aromatic carbocycles. The Morgan fingerprint density at radius 3 is 2.81 bits per heavy atom. The van der Waals surface area contributed by atoms with Crippen molar-refractivity contribution in [2.45, 2.75) is 18.9 Å². The van der Waals surface area contributed by atoms with E-state index in [1.807, 2.05) is 6.07 Å². The first-order valence-corrected chi connectivity index (χ1v) is 4.73. The van der Waals surface area contributed by atoms with Gasteiger partial charge in [-0.15, -0.1) is 0 Å². The Hall–Kier alpha value is -2.06. The number of hydrogen-bond donors (Lipinski definition) is 3. The van der Waals surface area contributed by atoms with Gasteiger partial charge in [-0.1, -0.05) is 6.07 Å². The second-order valence-electron chi connectivity index (χ2n) is 3.37. The van der Waals surface area contributed by atoms with Crippen LogP contribution >= 0.6 is 0 Å². The smallest absolute Gasteiger partial charge is 0.325 e. The topological polar surface area (TPSA) is 107 Å². The molecule has 5 nitrogen and oxygen atoms in total. The summed E-state index contributed by atoms with van der Waals surface area (Å²) < 4.78 is 0. The summed E-state index contributed by atoms with van der Waals surface area (Å²) in [5.74, 6) is -1.34. The maximum Gasteiger partial charge on any atom is 0.325 e. The minimum absolute atomic E-state index is 0.143. The average molecular weight is 220 g/mol. The number of nitrogens with two attached hydrogens (primary N) is 1. The number of aromatic hydroxyl groups is 1. The first-order chi connectivity index (χ1) is 7.56. The van der Waals surface area contributed by atoms with Crippen LogP contribution in [0.2, 0.25) is 0 Å². The number of carboxylic acids is 1. The van der Waals surface area contributed by atoms with Crippen LogP contribution in [0.4, 0.5) is 0 Å². The SMILES string of the molecule is N#CCCc1ccc(O)c([C@H](N)C(=O)O)c1. The standard InChI is InChI=1S/C11H12N2O3/c12-5-1-2-7-3-4-9(14)8(6-7)10(13)11(15)16/h3-4,6,10,14H,1-2,13H2,(H,15,16)/t10-/m0/s1. The van der Waals surface area contributed by atoms with Crippen molar-refractivity contribution in [1.29, 1.82) is 5.26 Å². The van der Waals surface area contributed by atoms with Gasteiger partial charge in [0.15, 0.2) is 0 Å². The van der Waals surface area contributed by atoms with Crippen molar-refractivity contribution in [2.75, 3.05) is 0 Å². The molecule has 1 aromatic rings. The molecule has 84 valence electrons. The molecule has 0 aliphatic heterocycles. The molecule has 0 unspecified atom stereocenters. The number of rotatable bonds is 4. The quantitative estimate of drug-likeness (QED) is 0.699. The molecule has 0 aliphatic rings. The number of benzene rings is 1. The first-order valence-electron chi connectivity index (χ1n) is 4.73. The van der Waals surface area contributed by atoms with Crippen LogP contribution in [0.1, 0.15) is 23.6 Å². The lowest BCUT2D eigenvalue weighted by atomic mass is 10.0. The van der Waals surface area contributed by atoms with E-state index < -0.39 is 12.0 Å². The molecule has 0 saturated heterocycles. The maximum absolute atomic E-state index is 10.7. The van der Waals surface area contributed by atoms with Gasteiger partial charge >= 0.3 is 5.97 Å². The Morgan fingerprint density at radius 2 is 2.25 bits per heavy atom. The summed E-state index contributed by atoms with van der Waals surface area (Å²) >= 11 is 0. The van der Waals surface area contributed by atoms with Crippen molar-refractivity contribution in [1.82, 2.24) is 0 Å². The van der Waals surface area contributed by atoms with Crippen molar-refractivity contribution >= 4 is 5.97 Å². The predicted molar refractivity (Wildman–Crippen MR) is 56.6 cm³/mol. The Bertz CT molecular complexity index is 437. The molecule has 0 saturated carbocycles. The Labute approximate surface area is 92.7 Å². The van der Waals surface area contributed by atoms with Gasteiger partial charge in [-0.25, -0.2) is 0 Å². The molecule has 0 bridgehead atoms. The molecule has 0 heterocycles. The zero-order chi connectivity index (χ0) is 12.1. The Balaban J connectivity index is 2.99. The molecule has 0 aromatic heterocycles. The number of phenols is 1. The number of carbonyl (C=O) groups is 1. The van der Waals surface area contributed by atoms with E-state index in [4.69, 9.17) is 16.1 Å². The number of nitrogens with zero attached hydrogens (tertiary/aromatic N) is 1. The van der Waals surface area contributed by atoms with Crippen LogP contribution in [0.25, 0.3) is 0 Å². The van der Waals surface area contributed by atoms with Crippen LogP contribution in [0, 0.1) is 11.3 Å². The molecule has 16 heavy (non-hydrogen) atoms. The number of hydrogen-bond acceptors (Lipinski definition) is 4. The van der Waals surface area contributed by atoms with Gasteiger partial charge in [0, 0.05) is 12.0 Å². The van der Waals surface area contributed by atoms with Crippen LogP contribution in [0.3, 0.4) is 0 Å². The average Bonchev–Trinajstić information content (AvgIpc) is 2.27. The molecule has 0 radical (unpaired) electrons. The molecular weight excluding hydrogens is 208 g/mol. The van der Waals surface area contributed by atoms with Crippen LogP contribution in [-0.4, -0.2) is 16.2 Å². The van der Waals surface area contributed by atoms with Gasteiger partial charge in [-0.05, 0) is 24.1 Å². The number of aliphatic carboxylic acids is 1. The fraction of sp³-hybridized carbons (Fsp3) is 0.273. The largest absolute Gasteiger partial charge is 0.508 e. The van der Waals surface area contributed by atoms with E-state index >= 15 is 0 Å². The van der Waals surface area contributed by atoms with E-state index in [9.17, 15) is 9.90 Å².